The quantitative estimate of drug-likeness (QED) is 0.705. The largest absolute Gasteiger partial charge is 0.574 e. The zero-order chi connectivity index (χ0) is 11.5. The van der Waals surface area contributed by atoms with Gasteiger partial charge in [-0.3, -0.25) is 4.79 Å². The molecule has 0 aromatic carbocycles. The van der Waals surface area contributed by atoms with E-state index in [0.29, 0.717) is 0 Å². The molecule has 1 aromatic heterocycles. The summed E-state index contributed by atoms with van der Waals surface area (Å²) in [6.45, 7) is 0. The summed E-state index contributed by atoms with van der Waals surface area (Å²) < 4.78 is 39.0. The SMILES string of the molecule is N#Cc1ccc(C=O)nc1OC(F)(F)F. The molecule has 0 aliphatic heterocycles. The molecule has 0 saturated heterocycles. The van der Waals surface area contributed by atoms with Crippen LogP contribution in [0.25, 0.3) is 0 Å². The molecular weight excluding hydrogens is 213 g/mol. The number of carbonyl (C=O) groups excluding carboxylic acids is 1. The predicted octanol–water partition coefficient (Wildman–Crippen LogP) is 1.66. The second-order valence-corrected chi connectivity index (χ2v) is 2.37. The van der Waals surface area contributed by atoms with Crippen molar-refractivity contribution in [3.8, 4) is 11.9 Å². The molecule has 0 unspecified atom stereocenters. The lowest BCUT2D eigenvalue weighted by Crippen LogP contribution is -2.19. The molecule has 0 bridgehead atoms. The number of carbonyl (C=O) groups is 1. The average Bonchev–Trinajstić information content (AvgIpc) is 2.15. The predicted molar refractivity (Wildman–Crippen MR) is 41.0 cm³/mol. The van der Waals surface area contributed by atoms with Gasteiger partial charge in [0.25, 0.3) is 0 Å². The van der Waals surface area contributed by atoms with E-state index in [4.69, 9.17) is 5.26 Å². The highest BCUT2D eigenvalue weighted by Crippen LogP contribution is 2.23. The number of halogens is 3. The van der Waals surface area contributed by atoms with E-state index in [0.717, 1.165) is 12.1 Å². The van der Waals surface area contributed by atoms with Gasteiger partial charge in [0.05, 0.1) is 0 Å². The third-order valence-corrected chi connectivity index (χ3v) is 1.34. The standard InChI is InChI=1S/C8H3F3N2O2/c9-8(10,11)15-7-5(3-12)1-2-6(4-14)13-7/h1-2,4H. The molecule has 15 heavy (non-hydrogen) atoms. The highest BCUT2D eigenvalue weighted by atomic mass is 19.4. The van der Waals surface area contributed by atoms with Crippen LogP contribution in [0.2, 0.25) is 0 Å². The summed E-state index contributed by atoms with van der Waals surface area (Å²) in [6.07, 6.45) is -4.69. The van der Waals surface area contributed by atoms with E-state index in [9.17, 15) is 18.0 Å². The molecule has 0 radical (unpaired) electrons. The van der Waals surface area contributed by atoms with Crippen molar-refractivity contribution >= 4 is 6.29 Å². The van der Waals surface area contributed by atoms with Crippen LogP contribution in [0.15, 0.2) is 12.1 Å². The van der Waals surface area contributed by atoms with Crippen molar-refractivity contribution in [2.45, 2.75) is 6.36 Å². The number of alkyl halides is 3. The smallest absolute Gasteiger partial charge is 0.386 e. The van der Waals surface area contributed by atoms with Crippen LogP contribution in [-0.2, 0) is 0 Å². The van der Waals surface area contributed by atoms with Gasteiger partial charge in [-0.2, -0.15) is 5.26 Å². The Morgan fingerprint density at radius 1 is 1.47 bits per heavy atom. The van der Waals surface area contributed by atoms with E-state index >= 15 is 0 Å². The Bertz CT molecular complexity index is 423. The summed E-state index contributed by atoms with van der Waals surface area (Å²) in [5.41, 5.74) is -0.633. The Morgan fingerprint density at radius 2 is 2.13 bits per heavy atom. The molecule has 0 aliphatic carbocycles. The van der Waals surface area contributed by atoms with Crippen LogP contribution in [0.4, 0.5) is 13.2 Å². The van der Waals surface area contributed by atoms with Crippen molar-refractivity contribution in [3.05, 3.63) is 23.4 Å². The number of hydrogen-bond acceptors (Lipinski definition) is 4. The van der Waals surface area contributed by atoms with Crippen molar-refractivity contribution in [2.75, 3.05) is 0 Å². The summed E-state index contributed by atoms with van der Waals surface area (Å²) in [6, 6.07) is 3.61. The Morgan fingerprint density at radius 3 is 2.60 bits per heavy atom. The van der Waals surface area contributed by atoms with Gasteiger partial charge < -0.3 is 4.74 Å². The summed E-state index contributed by atoms with van der Waals surface area (Å²) in [4.78, 5) is 13.5. The summed E-state index contributed by atoms with van der Waals surface area (Å²) in [5, 5.41) is 8.45. The zero-order valence-corrected chi connectivity index (χ0v) is 7.08. The Labute approximate surface area is 81.9 Å². The third kappa shape index (κ3) is 2.95. The fourth-order valence-corrected chi connectivity index (χ4v) is 0.793. The highest BCUT2D eigenvalue weighted by Gasteiger charge is 2.33. The number of ether oxygens (including phenoxy) is 1. The summed E-state index contributed by atoms with van der Waals surface area (Å²) >= 11 is 0. The molecule has 0 aliphatic rings. The van der Waals surface area contributed by atoms with Crippen molar-refractivity contribution in [2.24, 2.45) is 0 Å². The first-order valence-corrected chi connectivity index (χ1v) is 3.58. The van der Waals surface area contributed by atoms with Crippen LogP contribution in [0.1, 0.15) is 16.1 Å². The molecule has 1 aromatic rings. The summed E-state index contributed by atoms with van der Waals surface area (Å²) in [7, 11) is 0. The lowest BCUT2D eigenvalue weighted by Gasteiger charge is -2.08. The monoisotopic (exact) mass is 216 g/mol. The Balaban J connectivity index is 3.14. The number of pyridine rings is 1. The van der Waals surface area contributed by atoms with Gasteiger partial charge >= 0.3 is 6.36 Å². The second-order valence-electron chi connectivity index (χ2n) is 2.37. The molecule has 78 valence electrons. The van der Waals surface area contributed by atoms with Gasteiger partial charge in [-0.15, -0.1) is 13.2 Å². The highest BCUT2D eigenvalue weighted by molar-refractivity contribution is 5.72. The van der Waals surface area contributed by atoms with E-state index in [1.165, 1.54) is 6.07 Å². The molecule has 0 atom stereocenters. The van der Waals surface area contributed by atoms with Crippen LogP contribution >= 0.6 is 0 Å². The normalized spacial score (nSPS) is 10.5. The first-order valence-electron chi connectivity index (χ1n) is 3.58. The molecule has 0 N–H and O–H groups in total. The van der Waals surface area contributed by atoms with Crippen LogP contribution in [0.5, 0.6) is 5.88 Å². The Hall–Kier alpha value is -2.10. The fraction of sp³-hybridized carbons (Fsp3) is 0.125. The summed E-state index contributed by atoms with van der Waals surface area (Å²) in [5.74, 6) is -0.922. The van der Waals surface area contributed by atoms with Gasteiger partial charge in [0.15, 0.2) is 6.29 Å². The topological polar surface area (TPSA) is 63.0 Å². The number of rotatable bonds is 2. The van der Waals surface area contributed by atoms with Crippen LogP contribution in [0, 0.1) is 11.3 Å². The van der Waals surface area contributed by atoms with E-state index in [1.54, 1.807) is 0 Å². The van der Waals surface area contributed by atoms with Gasteiger partial charge in [0.1, 0.15) is 17.3 Å². The van der Waals surface area contributed by atoms with Gasteiger partial charge in [-0.05, 0) is 12.1 Å². The number of aldehydes is 1. The maximum absolute atomic E-state index is 11.8. The molecule has 4 nitrogen and oxygen atoms in total. The van der Waals surface area contributed by atoms with E-state index in [-0.39, 0.29) is 12.0 Å². The van der Waals surface area contributed by atoms with Crippen molar-refractivity contribution in [1.82, 2.24) is 4.98 Å². The molecule has 7 heteroatoms. The van der Waals surface area contributed by atoms with Crippen molar-refractivity contribution in [3.63, 3.8) is 0 Å². The van der Waals surface area contributed by atoms with Crippen LogP contribution in [-0.4, -0.2) is 17.6 Å². The first-order chi connectivity index (χ1) is 6.96. The lowest BCUT2D eigenvalue weighted by molar-refractivity contribution is -0.276. The molecule has 1 rings (SSSR count). The van der Waals surface area contributed by atoms with Gasteiger partial charge in [-0.1, -0.05) is 0 Å². The minimum Gasteiger partial charge on any atom is -0.386 e. The molecule has 0 fully saturated rings. The molecule has 0 saturated carbocycles. The van der Waals surface area contributed by atoms with Crippen molar-refractivity contribution < 1.29 is 22.7 Å². The van der Waals surface area contributed by atoms with E-state index in [1.807, 2.05) is 0 Å². The first kappa shape index (κ1) is 11.0. The zero-order valence-electron chi connectivity index (χ0n) is 7.08. The van der Waals surface area contributed by atoms with Crippen LogP contribution < -0.4 is 4.74 Å². The van der Waals surface area contributed by atoms with Gasteiger partial charge in [0, 0.05) is 0 Å². The molecular formula is C8H3F3N2O2. The number of nitrogens with zero attached hydrogens (tertiary/aromatic N) is 2. The Kier molecular flexibility index (Phi) is 2.90. The second kappa shape index (κ2) is 3.96. The van der Waals surface area contributed by atoms with E-state index < -0.39 is 17.8 Å². The third-order valence-electron chi connectivity index (χ3n) is 1.34. The average molecular weight is 216 g/mol. The van der Waals surface area contributed by atoms with Crippen molar-refractivity contribution in [1.29, 1.82) is 5.26 Å². The molecule has 0 spiro atoms. The molecule has 1 heterocycles. The van der Waals surface area contributed by atoms with Crippen LogP contribution in [0.3, 0.4) is 0 Å². The van der Waals surface area contributed by atoms with Gasteiger partial charge in [0.2, 0.25) is 5.88 Å². The minimum atomic E-state index is -4.94. The maximum Gasteiger partial charge on any atom is 0.574 e. The fourth-order valence-electron chi connectivity index (χ4n) is 0.793. The number of hydrogen-bond donors (Lipinski definition) is 0. The molecule has 0 amide bonds. The van der Waals surface area contributed by atoms with E-state index in [2.05, 4.69) is 9.72 Å². The number of nitriles is 1. The maximum atomic E-state index is 11.8. The number of aromatic nitrogens is 1. The van der Waals surface area contributed by atoms with Gasteiger partial charge in [-0.25, -0.2) is 4.98 Å². The minimum absolute atomic E-state index is 0.242. The lowest BCUT2D eigenvalue weighted by atomic mass is 10.2.